The second-order valence-electron chi connectivity index (χ2n) is 6.01. The van der Waals surface area contributed by atoms with Crippen molar-refractivity contribution in [1.29, 1.82) is 0 Å². The summed E-state index contributed by atoms with van der Waals surface area (Å²) >= 11 is 3.73. The topological polar surface area (TPSA) is 30.5 Å². The highest BCUT2D eigenvalue weighted by atomic mass is 79.9. The molecule has 1 unspecified atom stereocenters. The molecule has 1 aromatic rings. The van der Waals surface area contributed by atoms with Crippen molar-refractivity contribution in [2.75, 3.05) is 19.8 Å². The van der Waals surface area contributed by atoms with Crippen molar-refractivity contribution < 1.29 is 9.47 Å². The first-order valence-corrected chi connectivity index (χ1v) is 8.89. The van der Waals surface area contributed by atoms with Gasteiger partial charge in [0.05, 0.1) is 13.2 Å². The summed E-state index contributed by atoms with van der Waals surface area (Å²) in [6.07, 6.45) is 6.31. The van der Waals surface area contributed by atoms with Gasteiger partial charge in [0, 0.05) is 16.9 Å². The molecule has 116 valence electrons. The van der Waals surface area contributed by atoms with Gasteiger partial charge >= 0.3 is 0 Å². The summed E-state index contributed by atoms with van der Waals surface area (Å²) in [5, 5.41) is 3.63. The number of halogens is 1. The fourth-order valence-corrected chi connectivity index (χ4v) is 3.69. The van der Waals surface area contributed by atoms with Crippen LogP contribution in [0.5, 0.6) is 11.5 Å². The second kappa shape index (κ2) is 7.01. The lowest BCUT2D eigenvalue weighted by atomic mass is 9.79. The molecule has 1 N–H and O–H groups in total. The second-order valence-corrected chi connectivity index (χ2v) is 6.87. The van der Waals surface area contributed by atoms with Crippen molar-refractivity contribution in [3.05, 3.63) is 22.2 Å². The molecule has 0 spiro atoms. The van der Waals surface area contributed by atoms with Gasteiger partial charge in [-0.2, -0.15) is 0 Å². The number of ether oxygens (including phenoxy) is 2. The molecule has 1 aliphatic carbocycles. The number of hydrogen-bond donors (Lipinski definition) is 1. The van der Waals surface area contributed by atoms with E-state index in [1.165, 1.54) is 31.2 Å². The van der Waals surface area contributed by atoms with E-state index in [1.54, 1.807) is 0 Å². The Morgan fingerprint density at radius 2 is 1.90 bits per heavy atom. The van der Waals surface area contributed by atoms with Gasteiger partial charge in [-0.1, -0.05) is 42.1 Å². The van der Waals surface area contributed by atoms with Gasteiger partial charge in [-0.25, -0.2) is 0 Å². The Morgan fingerprint density at radius 3 is 2.52 bits per heavy atom. The molecule has 1 aliphatic heterocycles. The van der Waals surface area contributed by atoms with Crippen molar-refractivity contribution in [3.63, 3.8) is 0 Å². The van der Waals surface area contributed by atoms with Crippen LogP contribution < -0.4 is 14.8 Å². The van der Waals surface area contributed by atoms with E-state index in [0.717, 1.165) is 48.1 Å². The van der Waals surface area contributed by atoms with Gasteiger partial charge in [0.25, 0.3) is 0 Å². The van der Waals surface area contributed by atoms with Gasteiger partial charge in [-0.3, -0.25) is 0 Å². The Kier molecular flexibility index (Phi) is 5.07. The van der Waals surface area contributed by atoms with Gasteiger partial charge < -0.3 is 14.8 Å². The SMILES string of the molecule is CCNC(CC1CCC1)c1cc2c(cc1Br)OCCCO2. The number of fused-ring (bicyclic) bond motifs is 1. The van der Waals surface area contributed by atoms with E-state index >= 15 is 0 Å². The minimum absolute atomic E-state index is 0.395. The minimum Gasteiger partial charge on any atom is -0.490 e. The summed E-state index contributed by atoms with van der Waals surface area (Å²) in [5.41, 5.74) is 1.30. The zero-order valence-corrected chi connectivity index (χ0v) is 14.2. The van der Waals surface area contributed by atoms with Gasteiger partial charge in [0.2, 0.25) is 0 Å². The van der Waals surface area contributed by atoms with Crippen LogP contribution in [0.15, 0.2) is 16.6 Å². The minimum atomic E-state index is 0.395. The van der Waals surface area contributed by atoms with E-state index in [-0.39, 0.29) is 0 Å². The maximum Gasteiger partial charge on any atom is 0.162 e. The van der Waals surface area contributed by atoms with E-state index in [1.807, 2.05) is 0 Å². The Balaban J connectivity index is 1.85. The molecule has 0 amide bonds. The average molecular weight is 354 g/mol. The Morgan fingerprint density at radius 1 is 1.19 bits per heavy atom. The highest BCUT2D eigenvalue weighted by molar-refractivity contribution is 9.10. The summed E-state index contributed by atoms with van der Waals surface area (Å²) in [6.45, 7) is 4.63. The number of rotatable bonds is 5. The molecule has 1 aromatic carbocycles. The van der Waals surface area contributed by atoms with Crippen LogP contribution in [0, 0.1) is 5.92 Å². The van der Waals surface area contributed by atoms with Crippen molar-refractivity contribution in [1.82, 2.24) is 5.32 Å². The summed E-state index contributed by atoms with van der Waals surface area (Å²) in [6, 6.07) is 4.63. The molecule has 3 nitrogen and oxygen atoms in total. The normalized spacial score (nSPS) is 19.7. The number of benzene rings is 1. The first kappa shape index (κ1) is 15.2. The monoisotopic (exact) mass is 353 g/mol. The third-order valence-electron chi connectivity index (χ3n) is 4.49. The lowest BCUT2D eigenvalue weighted by molar-refractivity contribution is 0.261. The molecule has 1 fully saturated rings. The van der Waals surface area contributed by atoms with Crippen molar-refractivity contribution in [2.24, 2.45) is 5.92 Å². The van der Waals surface area contributed by atoms with Crippen LogP contribution in [0.3, 0.4) is 0 Å². The van der Waals surface area contributed by atoms with Crippen LogP contribution in [0.1, 0.15) is 50.6 Å². The molecule has 3 rings (SSSR count). The summed E-state index contributed by atoms with van der Waals surface area (Å²) in [5.74, 6) is 2.63. The Bertz CT molecular complexity index is 488. The molecular formula is C17H24BrNO2. The van der Waals surface area contributed by atoms with E-state index < -0.39 is 0 Å². The summed E-state index contributed by atoms with van der Waals surface area (Å²) < 4.78 is 12.7. The molecule has 4 heteroatoms. The molecule has 1 heterocycles. The van der Waals surface area contributed by atoms with Crippen LogP contribution in [0.25, 0.3) is 0 Å². The van der Waals surface area contributed by atoms with Crippen LogP contribution >= 0.6 is 15.9 Å². The smallest absolute Gasteiger partial charge is 0.162 e. The van der Waals surface area contributed by atoms with Crippen LogP contribution in [0.4, 0.5) is 0 Å². The summed E-state index contributed by atoms with van der Waals surface area (Å²) in [4.78, 5) is 0. The van der Waals surface area contributed by atoms with Gasteiger partial charge in [-0.05, 0) is 36.6 Å². The molecule has 1 atom stereocenters. The fourth-order valence-electron chi connectivity index (χ4n) is 3.10. The van der Waals surface area contributed by atoms with Crippen LogP contribution in [0.2, 0.25) is 0 Å². The molecule has 0 aromatic heterocycles. The van der Waals surface area contributed by atoms with Crippen molar-refractivity contribution >= 4 is 15.9 Å². The predicted molar refractivity (Wildman–Crippen MR) is 88.1 cm³/mol. The Labute approximate surface area is 135 Å². The highest BCUT2D eigenvalue weighted by Gasteiger charge is 2.25. The van der Waals surface area contributed by atoms with E-state index in [4.69, 9.17) is 9.47 Å². The van der Waals surface area contributed by atoms with Crippen LogP contribution in [-0.4, -0.2) is 19.8 Å². The molecule has 0 saturated heterocycles. The third kappa shape index (κ3) is 3.54. The standard InChI is InChI=1S/C17H24BrNO2/c1-2-19-15(9-12-5-3-6-12)13-10-16-17(11-14(13)18)21-8-4-7-20-16/h10-12,15,19H,2-9H2,1H3. The van der Waals surface area contributed by atoms with Gasteiger partial charge in [0.15, 0.2) is 11.5 Å². The first-order valence-electron chi connectivity index (χ1n) is 8.10. The summed E-state index contributed by atoms with van der Waals surface area (Å²) in [7, 11) is 0. The van der Waals surface area contributed by atoms with Gasteiger partial charge in [0.1, 0.15) is 0 Å². The van der Waals surface area contributed by atoms with Gasteiger partial charge in [-0.15, -0.1) is 0 Å². The molecule has 0 bridgehead atoms. The van der Waals surface area contributed by atoms with E-state index in [9.17, 15) is 0 Å². The first-order chi connectivity index (χ1) is 10.3. The Hall–Kier alpha value is -0.740. The quantitative estimate of drug-likeness (QED) is 0.847. The lowest BCUT2D eigenvalue weighted by Gasteiger charge is -2.31. The zero-order chi connectivity index (χ0) is 14.7. The molecular weight excluding hydrogens is 330 g/mol. The fraction of sp³-hybridized carbons (Fsp3) is 0.647. The lowest BCUT2D eigenvalue weighted by Crippen LogP contribution is -2.26. The highest BCUT2D eigenvalue weighted by Crippen LogP contribution is 2.41. The molecule has 21 heavy (non-hydrogen) atoms. The molecule has 2 aliphatic rings. The zero-order valence-electron chi connectivity index (χ0n) is 12.7. The van der Waals surface area contributed by atoms with Crippen LogP contribution in [-0.2, 0) is 0 Å². The maximum absolute atomic E-state index is 5.84. The van der Waals surface area contributed by atoms with E-state index in [0.29, 0.717) is 6.04 Å². The van der Waals surface area contributed by atoms with E-state index in [2.05, 4.69) is 40.3 Å². The maximum atomic E-state index is 5.84. The molecule has 1 saturated carbocycles. The predicted octanol–water partition coefficient (Wildman–Crippen LogP) is 4.45. The number of nitrogens with one attached hydrogen (secondary N) is 1. The third-order valence-corrected chi connectivity index (χ3v) is 5.17. The average Bonchev–Trinajstić information content (AvgIpc) is 2.65. The molecule has 0 radical (unpaired) electrons. The van der Waals surface area contributed by atoms with Crippen molar-refractivity contribution in [3.8, 4) is 11.5 Å². The number of hydrogen-bond acceptors (Lipinski definition) is 3. The largest absolute Gasteiger partial charge is 0.490 e. The van der Waals surface area contributed by atoms with Crippen molar-refractivity contribution in [2.45, 2.75) is 45.1 Å².